The molecule has 19 heavy (non-hydrogen) atoms. The first-order chi connectivity index (χ1) is 9.08. The van der Waals surface area contributed by atoms with Crippen LogP contribution in [0.2, 0.25) is 0 Å². The monoisotopic (exact) mass is 344 g/mol. The molecule has 1 fully saturated rings. The van der Waals surface area contributed by atoms with Crippen LogP contribution in [0.3, 0.4) is 0 Å². The van der Waals surface area contributed by atoms with E-state index in [4.69, 9.17) is 5.11 Å². The Morgan fingerprint density at radius 1 is 1.32 bits per heavy atom. The second-order valence-electron chi connectivity index (χ2n) is 4.03. The van der Waals surface area contributed by atoms with E-state index < -0.39 is 5.97 Å². The van der Waals surface area contributed by atoms with Gasteiger partial charge in [0.15, 0.2) is 0 Å². The van der Waals surface area contributed by atoms with Gasteiger partial charge in [-0.05, 0) is 34.1 Å². The van der Waals surface area contributed by atoms with Crippen LogP contribution >= 0.6 is 27.7 Å². The highest BCUT2D eigenvalue weighted by Gasteiger charge is 2.17. The zero-order chi connectivity index (χ0) is 13.8. The number of carboxylic acid groups (broad SMARTS) is 1. The molecule has 0 spiro atoms. The van der Waals surface area contributed by atoms with E-state index in [0.717, 1.165) is 24.6 Å². The molecule has 1 aromatic carbocycles. The Bertz CT molecular complexity index is 504. The Balaban J connectivity index is 2.08. The first-order valence-electron chi connectivity index (χ1n) is 5.74. The lowest BCUT2D eigenvalue weighted by Crippen LogP contribution is -2.40. The van der Waals surface area contributed by atoms with E-state index >= 15 is 0 Å². The van der Waals surface area contributed by atoms with Crippen molar-refractivity contribution in [3.8, 4) is 0 Å². The fourth-order valence-corrected chi connectivity index (χ4v) is 3.06. The normalized spacial score (nSPS) is 15.1. The first kappa shape index (κ1) is 14.2. The Morgan fingerprint density at radius 3 is 2.63 bits per heavy atom. The molecule has 2 rings (SSSR count). The van der Waals surface area contributed by atoms with Crippen molar-refractivity contribution in [1.29, 1.82) is 0 Å². The summed E-state index contributed by atoms with van der Waals surface area (Å²) in [6, 6.07) is 4.56. The SMILES string of the molecule is O=C(O)c1cc(NC(=O)N2CCSCC2)ccc1Br. The third-order valence-electron chi connectivity index (χ3n) is 2.75. The van der Waals surface area contributed by atoms with Gasteiger partial charge in [-0.3, -0.25) is 0 Å². The minimum absolute atomic E-state index is 0.131. The lowest BCUT2D eigenvalue weighted by Gasteiger charge is -2.26. The predicted octanol–water partition coefficient (Wildman–Crippen LogP) is 2.73. The van der Waals surface area contributed by atoms with Gasteiger partial charge in [0.25, 0.3) is 0 Å². The van der Waals surface area contributed by atoms with Crippen molar-refractivity contribution in [3.63, 3.8) is 0 Å². The highest BCUT2D eigenvalue weighted by Crippen LogP contribution is 2.21. The molecule has 1 aromatic rings. The summed E-state index contributed by atoms with van der Waals surface area (Å²) in [5.74, 6) is 0.847. The van der Waals surface area contributed by atoms with Crippen LogP contribution < -0.4 is 5.32 Å². The van der Waals surface area contributed by atoms with Crippen LogP contribution in [0, 0.1) is 0 Å². The summed E-state index contributed by atoms with van der Waals surface area (Å²) in [7, 11) is 0. The molecular formula is C12H13BrN2O3S. The second kappa shape index (κ2) is 6.29. The zero-order valence-corrected chi connectivity index (χ0v) is 12.5. The Labute approximate surface area is 123 Å². The number of rotatable bonds is 2. The average molecular weight is 345 g/mol. The summed E-state index contributed by atoms with van der Waals surface area (Å²) in [5, 5.41) is 11.7. The third-order valence-corrected chi connectivity index (χ3v) is 4.38. The summed E-state index contributed by atoms with van der Waals surface area (Å²) in [4.78, 5) is 24.7. The summed E-state index contributed by atoms with van der Waals surface area (Å²) in [6.45, 7) is 1.44. The molecule has 0 bridgehead atoms. The molecule has 2 amide bonds. The molecule has 0 aliphatic carbocycles. The van der Waals surface area contributed by atoms with Crippen LogP contribution in [0.5, 0.6) is 0 Å². The van der Waals surface area contributed by atoms with Crippen molar-refractivity contribution in [3.05, 3.63) is 28.2 Å². The van der Waals surface area contributed by atoms with Gasteiger partial charge in [-0.15, -0.1) is 0 Å². The first-order valence-corrected chi connectivity index (χ1v) is 7.69. The number of hydrogen-bond acceptors (Lipinski definition) is 3. The fraction of sp³-hybridized carbons (Fsp3) is 0.333. The van der Waals surface area contributed by atoms with Gasteiger partial charge in [0.2, 0.25) is 0 Å². The van der Waals surface area contributed by atoms with E-state index in [-0.39, 0.29) is 11.6 Å². The molecule has 2 N–H and O–H groups in total. The molecule has 7 heteroatoms. The number of nitrogens with zero attached hydrogens (tertiary/aromatic N) is 1. The van der Waals surface area contributed by atoms with Crippen LogP contribution in [0.15, 0.2) is 22.7 Å². The molecule has 0 aromatic heterocycles. The van der Waals surface area contributed by atoms with Gasteiger partial charge in [-0.2, -0.15) is 11.8 Å². The van der Waals surface area contributed by atoms with Crippen LogP contribution in [-0.2, 0) is 0 Å². The molecule has 1 aliphatic heterocycles. The number of anilines is 1. The Hall–Kier alpha value is -1.21. The fourth-order valence-electron chi connectivity index (χ4n) is 1.74. The van der Waals surface area contributed by atoms with Gasteiger partial charge >= 0.3 is 12.0 Å². The lowest BCUT2D eigenvalue weighted by molar-refractivity contribution is 0.0696. The lowest BCUT2D eigenvalue weighted by atomic mass is 10.2. The number of aromatic carboxylic acids is 1. The maximum atomic E-state index is 12.0. The average Bonchev–Trinajstić information content (AvgIpc) is 2.41. The number of urea groups is 1. The quantitative estimate of drug-likeness (QED) is 0.865. The number of halogens is 1. The molecule has 5 nitrogen and oxygen atoms in total. The summed E-state index contributed by atoms with van der Waals surface area (Å²) in [5.41, 5.74) is 0.621. The standard InChI is InChI=1S/C12H13BrN2O3S/c13-10-2-1-8(7-9(10)11(16)17)14-12(18)15-3-5-19-6-4-15/h1-2,7H,3-6H2,(H,14,18)(H,16,17). The van der Waals surface area contributed by atoms with E-state index in [1.165, 1.54) is 6.07 Å². The minimum atomic E-state index is -1.03. The molecule has 0 atom stereocenters. The van der Waals surface area contributed by atoms with Crippen molar-refractivity contribution in [2.45, 2.75) is 0 Å². The highest BCUT2D eigenvalue weighted by atomic mass is 79.9. The zero-order valence-electron chi connectivity index (χ0n) is 10.1. The van der Waals surface area contributed by atoms with Crippen LogP contribution in [-0.4, -0.2) is 46.6 Å². The van der Waals surface area contributed by atoms with Crippen molar-refractivity contribution in [2.75, 3.05) is 29.9 Å². The van der Waals surface area contributed by atoms with Gasteiger partial charge in [-0.25, -0.2) is 9.59 Å². The largest absolute Gasteiger partial charge is 0.478 e. The van der Waals surface area contributed by atoms with E-state index in [1.807, 2.05) is 11.8 Å². The van der Waals surface area contributed by atoms with Crippen molar-refractivity contribution < 1.29 is 14.7 Å². The molecule has 0 saturated carbocycles. The summed E-state index contributed by atoms with van der Waals surface area (Å²) >= 11 is 4.99. The number of amides is 2. The van der Waals surface area contributed by atoms with Crippen molar-refractivity contribution in [2.24, 2.45) is 0 Å². The van der Waals surface area contributed by atoms with E-state index in [0.29, 0.717) is 10.2 Å². The van der Waals surface area contributed by atoms with Crippen molar-refractivity contribution >= 4 is 45.4 Å². The van der Waals surface area contributed by atoms with E-state index in [1.54, 1.807) is 17.0 Å². The Kier molecular flexibility index (Phi) is 4.71. The number of thioether (sulfide) groups is 1. The van der Waals surface area contributed by atoms with E-state index in [2.05, 4.69) is 21.2 Å². The summed E-state index contributed by atoms with van der Waals surface area (Å²) in [6.07, 6.45) is 0. The van der Waals surface area contributed by atoms with Gasteiger partial charge in [0, 0.05) is 34.8 Å². The Morgan fingerprint density at radius 2 is 2.00 bits per heavy atom. The molecule has 0 radical (unpaired) electrons. The van der Waals surface area contributed by atoms with E-state index in [9.17, 15) is 9.59 Å². The third kappa shape index (κ3) is 3.63. The molecule has 1 aliphatic rings. The topological polar surface area (TPSA) is 69.6 Å². The van der Waals surface area contributed by atoms with Gasteiger partial charge in [-0.1, -0.05) is 0 Å². The van der Waals surface area contributed by atoms with Crippen molar-refractivity contribution in [1.82, 2.24) is 4.90 Å². The highest BCUT2D eigenvalue weighted by molar-refractivity contribution is 9.10. The maximum absolute atomic E-state index is 12.0. The van der Waals surface area contributed by atoms with Crippen LogP contribution in [0.4, 0.5) is 10.5 Å². The maximum Gasteiger partial charge on any atom is 0.336 e. The molecular weight excluding hydrogens is 332 g/mol. The van der Waals surface area contributed by atoms with Crippen LogP contribution in [0.25, 0.3) is 0 Å². The number of carbonyl (C=O) groups is 2. The molecule has 0 unspecified atom stereocenters. The number of carbonyl (C=O) groups excluding carboxylic acids is 1. The molecule has 1 heterocycles. The number of carboxylic acids is 1. The number of benzene rings is 1. The predicted molar refractivity (Wildman–Crippen MR) is 79.0 cm³/mol. The van der Waals surface area contributed by atoms with Crippen LogP contribution in [0.1, 0.15) is 10.4 Å². The molecule has 102 valence electrons. The smallest absolute Gasteiger partial charge is 0.336 e. The summed E-state index contributed by atoms with van der Waals surface area (Å²) < 4.78 is 0.493. The van der Waals surface area contributed by atoms with Gasteiger partial charge in [0.05, 0.1) is 5.56 Å². The number of nitrogens with one attached hydrogen (secondary N) is 1. The van der Waals surface area contributed by atoms with Gasteiger partial charge < -0.3 is 15.3 Å². The number of hydrogen-bond donors (Lipinski definition) is 2. The molecule has 1 saturated heterocycles. The van der Waals surface area contributed by atoms with Gasteiger partial charge in [0.1, 0.15) is 0 Å². The second-order valence-corrected chi connectivity index (χ2v) is 6.11. The minimum Gasteiger partial charge on any atom is -0.478 e.